The highest BCUT2D eigenvalue weighted by Gasteiger charge is 2.13. The van der Waals surface area contributed by atoms with Crippen LogP contribution in [-0.2, 0) is 4.79 Å². The number of hydrogen-bond donors (Lipinski definition) is 0. The standard InChI is InChI=1S/C14H16N2O3/c17-14(15-10-2-1-3-11-15)9-6-12-4-7-13(8-5-12)16(18)19/h4-9H,1-3,10-11H2/b9-6-. The van der Waals surface area contributed by atoms with Crippen molar-refractivity contribution >= 4 is 17.7 Å². The number of rotatable bonds is 3. The van der Waals surface area contributed by atoms with Crippen molar-refractivity contribution in [3.63, 3.8) is 0 Å². The Bertz CT molecular complexity index is 488. The van der Waals surface area contributed by atoms with E-state index in [4.69, 9.17) is 0 Å². The van der Waals surface area contributed by atoms with Gasteiger partial charge >= 0.3 is 0 Å². The van der Waals surface area contributed by atoms with Crippen LogP contribution in [0.2, 0.25) is 0 Å². The van der Waals surface area contributed by atoms with Gasteiger partial charge in [0.25, 0.3) is 5.69 Å². The van der Waals surface area contributed by atoms with E-state index in [1.54, 1.807) is 18.2 Å². The molecule has 1 fully saturated rings. The predicted octanol–water partition coefficient (Wildman–Crippen LogP) is 2.62. The fraction of sp³-hybridized carbons (Fsp3) is 0.357. The summed E-state index contributed by atoms with van der Waals surface area (Å²) >= 11 is 0. The van der Waals surface area contributed by atoms with Crippen molar-refractivity contribution in [2.75, 3.05) is 13.1 Å². The molecule has 1 aromatic carbocycles. The van der Waals surface area contributed by atoms with Crippen LogP contribution in [0.1, 0.15) is 24.8 Å². The monoisotopic (exact) mass is 260 g/mol. The van der Waals surface area contributed by atoms with Crippen LogP contribution in [0.25, 0.3) is 6.08 Å². The van der Waals surface area contributed by atoms with E-state index in [9.17, 15) is 14.9 Å². The summed E-state index contributed by atoms with van der Waals surface area (Å²) in [4.78, 5) is 23.8. The van der Waals surface area contributed by atoms with Gasteiger partial charge in [0.05, 0.1) is 4.92 Å². The van der Waals surface area contributed by atoms with Gasteiger partial charge in [-0.25, -0.2) is 0 Å². The lowest BCUT2D eigenvalue weighted by Crippen LogP contribution is -2.34. The number of hydrogen-bond acceptors (Lipinski definition) is 3. The van der Waals surface area contributed by atoms with Crippen molar-refractivity contribution in [3.05, 3.63) is 46.0 Å². The third kappa shape index (κ3) is 3.64. The average molecular weight is 260 g/mol. The lowest BCUT2D eigenvalue weighted by Gasteiger charge is -2.25. The fourth-order valence-electron chi connectivity index (χ4n) is 2.09. The van der Waals surface area contributed by atoms with Crippen LogP contribution in [0.15, 0.2) is 30.3 Å². The van der Waals surface area contributed by atoms with Crippen LogP contribution in [0.5, 0.6) is 0 Å². The summed E-state index contributed by atoms with van der Waals surface area (Å²) < 4.78 is 0. The first-order valence-corrected chi connectivity index (χ1v) is 6.38. The number of nitrogens with zero attached hydrogens (tertiary/aromatic N) is 2. The molecule has 0 aromatic heterocycles. The molecule has 1 heterocycles. The zero-order valence-electron chi connectivity index (χ0n) is 10.6. The third-order valence-corrected chi connectivity index (χ3v) is 3.19. The zero-order chi connectivity index (χ0) is 13.7. The lowest BCUT2D eigenvalue weighted by molar-refractivity contribution is -0.384. The maximum atomic E-state index is 11.9. The molecular weight excluding hydrogens is 244 g/mol. The van der Waals surface area contributed by atoms with E-state index in [1.165, 1.54) is 24.6 Å². The normalized spacial score (nSPS) is 15.7. The number of nitro benzene ring substituents is 1. The molecular formula is C14H16N2O3. The Morgan fingerprint density at radius 1 is 1.16 bits per heavy atom. The highest BCUT2D eigenvalue weighted by atomic mass is 16.6. The van der Waals surface area contributed by atoms with Gasteiger partial charge in [-0.05, 0) is 43.0 Å². The summed E-state index contributed by atoms with van der Waals surface area (Å²) in [5, 5.41) is 10.5. The first-order valence-electron chi connectivity index (χ1n) is 6.38. The van der Waals surface area contributed by atoms with Crippen LogP contribution in [0.3, 0.4) is 0 Å². The summed E-state index contributed by atoms with van der Waals surface area (Å²) in [6.45, 7) is 1.65. The first kappa shape index (κ1) is 13.3. The molecule has 0 spiro atoms. The minimum Gasteiger partial charge on any atom is -0.339 e. The second-order valence-corrected chi connectivity index (χ2v) is 4.57. The zero-order valence-corrected chi connectivity index (χ0v) is 10.6. The maximum absolute atomic E-state index is 11.9. The maximum Gasteiger partial charge on any atom is 0.269 e. The van der Waals surface area contributed by atoms with Crippen molar-refractivity contribution in [1.82, 2.24) is 4.90 Å². The van der Waals surface area contributed by atoms with Gasteiger partial charge in [0.2, 0.25) is 5.91 Å². The number of nitro groups is 1. The lowest BCUT2D eigenvalue weighted by atomic mass is 10.1. The van der Waals surface area contributed by atoms with Gasteiger partial charge in [0.1, 0.15) is 0 Å². The van der Waals surface area contributed by atoms with Gasteiger partial charge < -0.3 is 4.90 Å². The van der Waals surface area contributed by atoms with E-state index in [-0.39, 0.29) is 11.6 Å². The smallest absolute Gasteiger partial charge is 0.269 e. The van der Waals surface area contributed by atoms with E-state index in [0.29, 0.717) is 0 Å². The summed E-state index contributed by atoms with van der Waals surface area (Å²) in [5.41, 5.74) is 0.843. The highest BCUT2D eigenvalue weighted by molar-refractivity contribution is 5.91. The molecule has 0 saturated carbocycles. The minimum atomic E-state index is -0.438. The molecule has 0 radical (unpaired) electrons. The molecule has 19 heavy (non-hydrogen) atoms. The highest BCUT2D eigenvalue weighted by Crippen LogP contribution is 2.14. The molecule has 0 aliphatic carbocycles. The Balaban J connectivity index is 1.97. The van der Waals surface area contributed by atoms with Crippen molar-refractivity contribution in [1.29, 1.82) is 0 Å². The van der Waals surface area contributed by atoms with Gasteiger partial charge in [-0.3, -0.25) is 14.9 Å². The largest absolute Gasteiger partial charge is 0.339 e. The molecule has 0 unspecified atom stereocenters. The number of carbonyl (C=O) groups excluding carboxylic acids is 1. The van der Waals surface area contributed by atoms with Gasteiger partial charge in [-0.2, -0.15) is 0 Å². The van der Waals surface area contributed by atoms with Crippen molar-refractivity contribution < 1.29 is 9.72 Å². The predicted molar refractivity (Wildman–Crippen MR) is 72.6 cm³/mol. The molecule has 0 N–H and O–H groups in total. The first-order chi connectivity index (χ1) is 9.16. The van der Waals surface area contributed by atoms with Gasteiger partial charge in [0.15, 0.2) is 0 Å². The molecule has 0 atom stereocenters. The van der Waals surface area contributed by atoms with Crippen LogP contribution in [0, 0.1) is 10.1 Å². The van der Waals surface area contributed by atoms with Gasteiger partial charge in [-0.15, -0.1) is 0 Å². The topological polar surface area (TPSA) is 63.4 Å². The number of non-ortho nitro benzene ring substituents is 1. The second-order valence-electron chi connectivity index (χ2n) is 4.57. The third-order valence-electron chi connectivity index (χ3n) is 3.19. The summed E-state index contributed by atoms with van der Waals surface area (Å²) in [6.07, 6.45) is 6.55. The van der Waals surface area contributed by atoms with Gasteiger partial charge in [0, 0.05) is 31.3 Å². The van der Waals surface area contributed by atoms with Crippen molar-refractivity contribution in [3.8, 4) is 0 Å². The molecule has 1 aliphatic rings. The molecule has 5 heteroatoms. The summed E-state index contributed by atoms with van der Waals surface area (Å²) in [7, 11) is 0. The molecule has 1 aromatic rings. The molecule has 5 nitrogen and oxygen atoms in total. The summed E-state index contributed by atoms with van der Waals surface area (Å²) in [5.74, 6) is 0.0121. The van der Waals surface area contributed by atoms with E-state index in [1.807, 2.05) is 4.90 Å². The average Bonchev–Trinajstić information content (AvgIpc) is 2.46. The molecule has 1 amide bonds. The Hall–Kier alpha value is -2.17. The number of piperidine rings is 1. The van der Waals surface area contributed by atoms with E-state index in [2.05, 4.69) is 0 Å². The van der Waals surface area contributed by atoms with Gasteiger partial charge in [-0.1, -0.05) is 0 Å². The van der Waals surface area contributed by atoms with Crippen LogP contribution in [-0.4, -0.2) is 28.8 Å². The van der Waals surface area contributed by atoms with Crippen molar-refractivity contribution in [2.24, 2.45) is 0 Å². The molecule has 1 saturated heterocycles. The molecule has 1 aliphatic heterocycles. The number of likely N-dealkylation sites (tertiary alicyclic amines) is 1. The number of amides is 1. The van der Waals surface area contributed by atoms with E-state index in [0.717, 1.165) is 31.5 Å². The minimum absolute atomic E-state index is 0.0121. The molecule has 0 bridgehead atoms. The molecule has 2 rings (SSSR count). The van der Waals surface area contributed by atoms with Crippen molar-refractivity contribution in [2.45, 2.75) is 19.3 Å². The van der Waals surface area contributed by atoms with Crippen LogP contribution in [0.4, 0.5) is 5.69 Å². The second kappa shape index (κ2) is 6.13. The Labute approximate surface area is 111 Å². The molecule has 100 valence electrons. The number of carbonyl (C=O) groups is 1. The van der Waals surface area contributed by atoms with E-state index < -0.39 is 4.92 Å². The Morgan fingerprint density at radius 3 is 2.37 bits per heavy atom. The Morgan fingerprint density at radius 2 is 1.79 bits per heavy atom. The Kier molecular flexibility index (Phi) is 4.28. The van der Waals surface area contributed by atoms with E-state index >= 15 is 0 Å². The number of benzene rings is 1. The fourth-order valence-corrected chi connectivity index (χ4v) is 2.09. The van der Waals surface area contributed by atoms with Crippen LogP contribution < -0.4 is 0 Å². The summed E-state index contributed by atoms with van der Waals surface area (Å²) in [6, 6.07) is 6.15. The van der Waals surface area contributed by atoms with Crippen LogP contribution >= 0.6 is 0 Å². The SMILES string of the molecule is O=C(/C=C\c1ccc([N+](=O)[O-])cc1)N1CCCCC1. The quantitative estimate of drug-likeness (QED) is 0.476.